The van der Waals surface area contributed by atoms with Crippen LogP contribution in [0.4, 0.5) is 5.69 Å². The summed E-state index contributed by atoms with van der Waals surface area (Å²) in [6.07, 6.45) is 0.742. The molecule has 1 atom stereocenters. The van der Waals surface area contributed by atoms with E-state index in [0.717, 1.165) is 13.0 Å². The zero-order valence-electron chi connectivity index (χ0n) is 11.5. The maximum atomic E-state index is 12.2. The van der Waals surface area contributed by atoms with Gasteiger partial charge in [0.05, 0.1) is 10.6 Å². The van der Waals surface area contributed by atoms with Crippen molar-refractivity contribution < 1.29 is 9.59 Å². The number of nitrogens with zero attached hydrogens (tertiary/aromatic N) is 1. The van der Waals surface area contributed by atoms with Gasteiger partial charge in [0.25, 0.3) is 0 Å². The fourth-order valence-corrected chi connectivity index (χ4v) is 2.56. The summed E-state index contributed by atoms with van der Waals surface area (Å²) in [7, 11) is 0. The summed E-state index contributed by atoms with van der Waals surface area (Å²) in [6, 6.07) is 4.85. The minimum atomic E-state index is -0.583. The first-order valence-corrected chi connectivity index (χ1v) is 6.94. The molecule has 108 valence electrons. The van der Waals surface area contributed by atoms with Gasteiger partial charge in [0.2, 0.25) is 11.8 Å². The number of hydrogen-bond donors (Lipinski definition) is 2. The third-order valence-corrected chi connectivity index (χ3v) is 3.77. The minimum absolute atomic E-state index is 0.0792. The van der Waals surface area contributed by atoms with Crippen LogP contribution in [-0.2, 0) is 4.79 Å². The molecule has 6 heteroatoms. The molecule has 0 radical (unpaired) electrons. The van der Waals surface area contributed by atoms with E-state index >= 15 is 0 Å². The third-order valence-electron chi connectivity index (χ3n) is 3.44. The molecule has 2 amide bonds. The largest absolute Gasteiger partial charge is 0.374 e. The van der Waals surface area contributed by atoms with E-state index in [0.29, 0.717) is 10.7 Å². The summed E-state index contributed by atoms with van der Waals surface area (Å²) in [5.41, 5.74) is 6.18. The van der Waals surface area contributed by atoms with Crippen LogP contribution >= 0.6 is 11.6 Å². The Morgan fingerprint density at radius 1 is 1.50 bits per heavy atom. The zero-order valence-corrected chi connectivity index (χ0v) is 12.3. The molecule has 1 saturated heterocycles. The van der Waals surface area contributed by atoms with E-state index in [9.17, 15) is 9.59 Å². The maximum Gasteiger partial charge on any atom is 0.250 e. The Morgan fingerprint density at radius 2 is 2.20 bits per heavy atom. The number of rotatable bonds is 4. The molecule has 1 aromatic carbocycles. The van der Waals surface area contributed by atoms with Gasteiger partial charge in [0.15, 0.2) is 0 Å². The Balaban J connectivity index is 2.14. The first-order chi connectivity index (χ1) is 9.40. The second-order valence-corrected chi connectivity index (χ2v) is 5.58. The van der Waals surface area contributed by atoms with E-state index < -0.39 is 5.91 Å². The van der Waals surface area contributed by atoms with Crippen LogP contribution < -0.4 is 11.1 Å². The first kappa shape index (κ1) is 14.7. The van der Waals surface area contributed by atoms with E-state index in [1.165, 1.54) is 0 Å². The number of primary amides is 1. The van der Waals surface area contributed by atoms with Gasteiger partial charge in [0, 0.05) is 18.3 Å². The summed E-state index contributed by atoms with van der Waals surface area (Å²) >= 11 is 5.90. The van der Waals surface area contributed by atoms with Gasteiger partial charge in [-0.05, 0) is 38.5 Å². The summed E-state index contributed by atoms with van der Waals surface area (Å²) in [5, 5.41) is 3.45. The zero-order chi connectivity index (χ0) is 14.9. The molecule has 1 aliphatic rings. The number of carbonyl (C=O) groups excluding carboxylic acids is 2. The number of amides is 2. The monoisotopic (exact) mass is 295 g/mol. The number of anilines is 1. The van der Waals surface area contributed by atoms with Gasteiger partial charge in [-0.3, -0.25) is 9.59 Å². The number of likely N-dealkylation sites (tertiary alicyclic amines) is 1. The van der Waals surface area contributed by atoms with Crippen molar-refractivity contribution in [2.45, 2.75) is 32.4 Å². The summed E-state index contributed by atoms with van der Waals surface area (Å²) < 4.78 is 0. The number of benzene rings is 1. The van der Waals surface area contributed by atoms with Crippen molar-refractivity contribution in [1.82, 2.24) is 4.90 Å². The molecular formula is C14H18ClN3O2. The molecule has 0 aromatic heterocycles. The van der Waals surface area contributed by atoms with E-state index in [1.54, 1.807) is 18.2 Å². The quantitative estimate of drug-likeness (QED) is 0.890. The van der Waals surface area contributed by atoms with Crippen LogP contribution in [0.5, 0.6) is 0 Å². The molecular weight excluding hydrogens is 278 g/mol. The fourth-order valence-electron chi connectivity index (χ4n) is 2.35. The lowest BCUT2D eigenvalue weighted by molar-refractivity contribution is -0.129. The highest BCUT2D eigenvalue weighted by Gasteiger charge is 2.32. The van der Waals surface area contributed by atoms with Crippen molar-refractivity contribution in [3.05, 3.63) is 28.8 Å². The van der Waals surface area contributed by atoms with Crippen LogP contribution in [0, 0.1) is 0 Å². The van der Waals surface area contributed by atoms with Crippen LogP contribution in [-0.4, -0.2) is 35.3 Å². The van der Waals surface area contributed by atoms with Crippen LogP contribution in [0.15, 0.2) is 18.2 Å². The molecule has 0 saturated carbocycles. The fraction of sp³-hybridized carbons (Fsp3) is 0.429. The number of nitrogens with one attached hydrogen (secondary N) is 1. The normalized spacial score (nSPS) is 18.7. The van der Waals surface area contributed by atoms with Crippen molar-refractivity contribution in [1.29, 1.82) is 0 Å². The van der Waals surface area contributed by atoms with Crippen molar-refractivity contribution in [3.63, 3.8) is 0 Å². The second kappa shape index (κ2) is 5.71. The lowest BCUT2D eigenvalue weighted by atomic mass is 10.1. The van der Waals surface area contributed by atoms with E-state index in [4.69, 9.17) is 17.3 Å². The predicted octanol–water partition coefficient (Wildman–Crippen LogP) is 1.86. The number of carbonyl (C=O) groups is 2. The SMILES string of the molecule is CC(C)N1CCC(Nc2ccc(Cl)c(C(N)=O)c2)C1=O. The third kappa shape index (κ3) is 2.88. The van der Waals surface area contributed by atoms with Gasteiger partial charge in [-0.1, -0.05) is 11.6 Å². The van der Waals surface area contributed by atoms with Crippen LogP contribution in [0.1, 0.15) is 30.6 Å². The molecule has 1 heterocycles. The minimum Gasteiger partial charge on any atom is -0.374 e. The highest BCUT2D eigenvalue weighted by Crippen LogP contribution is 2.23. The molecule has 2 rings (SSSR count). The molecule has 0 spiro atoms. The van der Waals surface area contributed by atoms with Crippen molar-refractivity contribution in [2.24, 2.45) is 5.73 Å². The van der Waals surface area contributed by atoms with Gasteiger partial charge in [-0.15, -0.1) is 0 Å². The lowest BCUT2D eigenvalue weighted by Crippen LogP contribution is -2.37. The van der Waals surface area contributed by atoms with E-state index in [-0.39, 0.29) is 23.6 Å². The van der Waals surface area contributed by atoms with E-state index in [1.807, 2.05) is 18.7 Å². The first-order valence-electron chi connectivity index (χ1n) is 6.56. The Morgan fingerprint density at radius 3 is 2.75 bits per heavy atom. The average Bonchev–Trinajstić information content (AvgIpc) is 2.73. The van der Waals surface area contributed by atoms with Gasteiger partial charge >= 0.3 is 0 Å². The number of nitrogens with two attached hydrogens (primary N) is 1. The lowest BCUT2D eigenvalue weighted by Gasteiger charge is -2.21. The molecule has 1 aliphatic heterocycles. The van der Waals surface area contributed by atoms with Gasteiger partial charge in [-0.25, -0.2) is 0 Å². The van der Waals surface area contributed by atoms with Crippen molar-refractivity contribution in [2.75, 3.05) is 11.9 Å². The number of hydrogen-bond acceptors (Lipinski definition) is 3. The Labute approximate surface area is 123 Å². The van der Waals surface area contributed by atoms with Crippen LogP contribution in [0.2, 0.25) is 5.02 Å². The topological polar surface area (TPSA) is 75.4 Å². The molecule has 1 aromatic rings. The predicted molar refractivity (Wildman–Crippen MR) is 78.8 cm³/mol. The van der Waals surface area contributed by atoms with Gasteiger partial charge in [0.1, 0.15) is 6.04 Å². The standard InChI is InChI=1S/C14H18ClN3O2/c1-8(2)18-6-5-12(14(18)20)17-9-3-4-11(15)10(7-9)13(16)19/h3-4,7-8,12,17H,5-6H2,1-2H3,(H2,16,19). The summed E-state index contributed by atoms with van der Waals surface area (Å²) in [6.45, 7) is 4.73. The highest BCUT2D eigenvalue weighted by molar-refractivity contribution is 6.33. The smallest absolute Gasteiger partial charge is 0.250 e. The Bertz CT molecular complexity index is 545. The average molecular weight is 296 g/mol. The van der Waals surface area contributed by atoms with Crippen molar-refractivity contribution in [3.8, 4) is 0 Å². The molecule has 3 N–H and O–H groups in total. The maximum absolute atomic E-state index is 12.2. The second-order valence-electron chi connectivity index (χ2n) is 5.17. The molecule has 0 bridgehead atoms. The summed E-state index contributed by atoms with van der Waals surface area (Å²) in [4.78, 5) is 25.3. The molecule has 1 unspecified atom stereocenters. The highest BCUT2D eigenvalue weighted by atomic mass is 35.5. The Kier molecular flexibility index (Phi) is 4.18. The number of halogens is 1. The molecule has 20 heavy (non-hydrogen) atoms. The van der Waals surface area contributed by atoms with Crippen LogP contribution in [0.3, 0.4) is 0 Å². The van der Waals surface area contributed by atoms with Crippen LogP contribution in [0.25, 0.3) is 0 Å². The molecule has 0 aliphatic carbocycles. The Hall–Kier alpha value is -1.75. The summed E-state index contributed by atoms with van der Waals surface area (Å²) in [5.74, 6) is -0.504. The van der Waals surface area contributed by atoms with E-state index in [2.05, 4.69) is 5.32 Å². The molecule has 5 nitrogen and oxygen atoms in total. The van der Waals surface area contributed by atoms with Gasteiger partial charge < -0.3 is 16.0 Å². The van der Waals surface area contributed by atoms with Gasteiger partial charge in [-0.2, -0.15) is 0 Å². The molecule has 1 fully saturated rings. The van der Waals surface area contributed by atoms with Crippen molar-refractivity contribution >= 4 is 29.1 Å².